The quantitative estimate of drug-likeness (QED) is 0.464. The summed E-state index contributed by atoms with van der Waals surface area (Å²) < 4.78 is 16.3. The fourth-order valence-electron chi connectivity index (χ4n) is 3.55. The van der Waals surface area contributed by atoms with Gasteiger partial charge < -0.3 is 14.2 Å². The molecule has 2 aliphatic rings. The van der Waals surface area contributed by atoms with E-state index in [0.717, 1.165) is 17.7 Å². The summed E-state index contributed by atoms with van der Waals surface area (Å²) in [7, 11) is 1.32. The molecule has 0 saturated heterocycles. The number of ether oxygens (including phenoxy) is 3. The second-order valence-corrected chi connectivity index (χ2v) is 7.44. The predicted molar refractivity (Wildman–Crippen MR) is 104 cm³/mol. The Balaban J connectivity index is 1.60. The average molecular weight is 366 g/mol. The third-order valence-electron chi connectivity index (χ3n) is 5.42. The number of methoxy groups -OCH3 is 1. The van der Waals surface area contributed by atoms with Gasteiger partial charge >= 0.3 is 6.16 Å². The van der Waals surface area contributed by atoms with Gasteiger partial charge in [0, 0.05) is 5.56 Å². The fourth-order valence-corrected chi connectivity index (χ4v) is 3.55. The molecule has 0 aliphatic heterocycles. The van der Waals surface area contributed by atoms with Gasteiger partial charge in [0.05, 0.1) is 7.11 Å². The highest BCUT2D eigenvalue weighted by molar-refractivity contribution is 5.65. The van der Waals surface area contributed by atoms with Crippen LogP contribution in [0, 0.1) is 0 Å². The van der Waals surface area contributed by atoms with Gasteiger partial charge in [-0.3, -0.25) is 0 Å². The van der Waals surface area contributed by atoms with Crippen LogP contribution in [0.15, 0.2) is 36.4 Å². The lowest BCUT2D eigenvalue weighted by Crippen LogP contribution is -2.11. The summed E-state index contributed by atoms with van der Waals surface area (Å²) in [5.74, 6) is 2.64. The molecule has 2 fully saturated rings. The van der Waals surface area contributed by atoms with Crippen LogP contribution in [-0.4, -0.2) is 13.3 Å². The average Bonchev–Trinajstić information content (AvgIpc) is 3.58. The Morgan fingerprint density at radius 1 is 1.00 bits per heavy atom. The van der Waals surface area contributed by atoms with Crippen molar-refractivity contribution >= 4 is 6.16 Å². The summed E-state index contributed by atoms with van der Waals surface area (Å²) in [6, 6.07) is 12.4. The van der Waals surface area contributed by atoms with E-state index in [9.17, 15) is 4.79 Å². The van der Waals surface area contributed by atoms with Gasteiger partial charge in [0.1, 0.15) is 18.1 Å². The molecule has 2 aliphatic carbocycles. The molecule has 0 atom stereocenters. The standard InChI is InChI=1S/C23H26O4/c1-3-15-7-12-21(19(13-15)17-10-11-17)26-14-20-18(16-8-9-16)5-4-6-22(20)27-23(24)25-2/h4-7,12-13,16-17H,3,8-11,14H2,1-2H3. The van der Waals surface area contributed by atoms with Crippen molar-refractivity contribution in [3.05, 3.63) is 58.7 Å². The van der Waals surface area contributed by atoms with Crippen LogP contribution < -0.4 is 9.47 Å². The van der Waals surface area contributed by atoms with E-state index in [-0.39, 0.29) is 0 Å². The predicted octanol–water partition coefficient (Wildman–Crippen LogP) is 5.73. The molecule has 0 amide bonds. The van der Waals surface area contributed by atoms with Crippen LogP contribution in [0.1, 0.15) is 66.7 Å². The van der Waals surface area contributed by atoms with Crippen molar-refractivity contribution in [1.82, 2.24) is 0 Å². The summed E-state index contributed by atoms with van der Waals surface area (Å²) in [4.78, 5) is 11.6. The third kappa shape index (κ3) is 4.10. The molecule has 0 radical (unpaired) electrons. The molecule has 0 N–H and O–H groups in total. The van der Waals surface area contributed by atoms with E-state index in [4.69, 9.17) is 9.47 Å². The molecule has 0 unspecified atom stereocenters. The van der Waals surface area contributed by atoms with E-state index < -0.39 is 6.16 Å². The Labute approximate surface area is 160 Å². The van der Waals surface area contributed by atoms with Gasteiger partial charge in [-0.25, -0.2) is 4.79 Å². The zero-order chi connectivity index (χ0) is 18.8. The van der Waals surface area contributed by atoms with Crippen molar-refractivity contribution in [1.29, 1.82) is 0 Å². The summed E-state index contributed by atoms with van der Waals surface area (Å²) in [6.45, 7) is 2.57. The number of hydrogen-bond donors (Lipinski definition) is 0. The molecule has 0 spiro atoms. The smallest absolute Gasteiger partial charge is 0.488 e. The topological polar surface area (TPSA) is 44.8 Å². The molecular formula is C23H26O4. The minimum absolute atomic E-state index is 0.393. The van der Waals surface area contributed by atoms with Gasteiger partial charge in [-0.1, -0.05) is 31.2 Å². The first kappa shape index (κ1) is 17.9. The number of carbonyl (C=O) groups is 1. The Hall–Kier alpha value is -2.49. The SMILES string of the molecule is CCc1ccc(OCc2c(OC(=O)OC)cccc2C2CC2)c(C2CC2)c1. The van der Waals surface area contributed by atoms with Crippen LogP contribution in [0.25, 0.3) is 0 Å². The Morgan fingerprint density at radius 3 is 2.41 bits per heavy atom. The largest absolute Gasteiger partial charge is 0.513 e. The van der Waals surface area contributed by atoms with E-state index in [1.807, 2.05) is 12.1 Å². The van der Waals surface area contributed by atoms with Gasteiger partial charge in [0.2, 0.25) is 0 Å². The van der Waals surface area contributed by atoms with E-state index in [1.165, 1.54) is 49.5 Å². The molecule has 4 rings (SSSR count). The van der Waals surface area contributed by atoms with Gasteiger partial charge in [-0.05, 0) is 72.8 Å². The molecular weight excluding hydrogens is 340 g/mol. The van der Waals surface area contributed by atoms with Crippen molar-refractivity contribution in [2.75, 3.05) is 7.11 Å². The van der Waals surface area contributed by atoms with Crippen molar-refractivity contribution in [2.24, 2.45) is 0 Å². The van der Waals surface area contributed by atoms with Crippen molar-refractivity contribution in [3.63, 3.8) is 0 Å². The number of carbonyl (C=O) groups excluding carboxylic acids is 1. The summed E-state index contributed by atoms with van der Waals surface area (Å²) in [6.07, 6.45) is 5.15. The van der Waals surface area contributed by atoms with Crippen molar-refractivity contribution in [3.8, 4) is 11.5 Å². The highest BCUT2D eigenvalue weighted by Crippen LogP contribution is 2.46. The maximum atomic E-state index is 11.6. The molecule has 2 saturated carbocycles. The zero-order valence-electron chi connectivity index (χ0n) is 16.0. The number of rotatable bonds is 7. The lowest BCUT2D eigenvalue weighted by molar-refractivity contribution is 0.120. The first-order valence-corrected chi connectivity index (χ1v) is 9.82. The summed E-state index contributed by atoms with van der Waals surface area (Å²) >= 11 is 0. The van der Waals surface area contributed by atoms with E-state index in [2.05, 4.69) is 35.9 Å². The first-order valence-electron chi connectivity index (χ1n) is 9.82. The second kappa shape index (κ2) is 7.63. The number of aryl methyl sites for hydroxylation is 1. The molecule has 0 aromatic heterocycles. The zero-order valence-corrected chi connectivity index (χ0v) is 16.0. The van der Waals surface area contributed by atoms with E-state index in [1.54, 1.807) is 0 Å². The molecule has 2 aromatic rings. The van der Waals surface area contributed by atoms with Gasteiger partial charge in [-0.15, -0.1) is 0 Å². The van der Waals surface area contributed by atoms with E-state index in [0.29, 0.717) is 24.2 Å². The number of hydrogen-bond acceptors (Lipinski definition) is 4. The molecule has 4 heteroatoms. The van der Waals surface area contributed by atoms with Crippen molar-refractivity contribution < 1.29 is 19.0 Å². The third-order valence-corrected chi connectivity index (χ3v) is 5.42. The normalized spacial score (nSPS) is 16.1. The molecule has 0 heterocycles. The van der Waals surface area contributed by atoms with Crippen LogP contribution in [-0.2, 0) is 17.8 Å². The van der Waals surface area contributed by atoms with Crippen LogP contribution in [0.2, 0.25) is 0 Å². The van der Waals surface area contributed by atoms with Crippen LogP contribution >= 0.6 is 0 Å². The summed E-state index contributed by atoms with van der Waals surface area (Å²) in [5, 5.41) is 0. The lowest BCUT2D eigenvalue weighted by Gasteiger charge is -2.17. The van der Waals surface area contributed by atoms with Crippen LogP contribution in [0.3, 0.4) is 0 Å². The van der Waals surface area contributed by atoms with Gasteiger partial charge in [0.15, 0.2) is 0 Å². The van der Waals surface area contributed by atoms with Crippen LogP contribution in [0.5, 0.6) is 11.5 Å². The minimum Gasteiger partial charge on any atom is -0.488 e. The van der Waals surface area contributed by atoms with Crippen LogP contribution in [0.4, 0.5) is 4.79 Å². The molecule has 142 valence electrons. The number of benzene rings is 2. The monoisotopic (exact) mass is 366 g/mol. The minimum atomic E-state index is -0.699. The fraction of sp³-hybridized carbons (Fsp3) is 0.435. The Morgan fingerprint density at radius 2 is 1.74 bits per heavy atom. The molecule has 2 aromatic carbocycles. The first-order chi connectivity index (χ1) is 13.2. The highest BCUT2D eigenvalue weighted by Gasteiger charge is 2.30. The Bertz CT molecular complexity index is 834. The summed E-state index contributed by atoms with van der Waals surface area (Å²) in [5.41, 5.74) is 4.83. The highest BCUT2D eigenvalue weighted by atomic mass is 16.7. The molecule has 27 heavy (non-hydrogen) atoms. The van der Waals surface area contributed by atoms with Crippen molar-refractivity contribution in [2.45, 2.75) is 57.5 Å². The lowest BCUT2D eigenvalue weighted by atomic mass is 10.0. The van der Waals surface area contributed by atoms with Gasteiger partial charge in [0.25, 0.3) is 0 Å². The second-order valence-electron chi connectivity index (χ2n) is 7.44. The molecule has 4 nitrogen and oxygen atoms in total. The maximum absolute atomic E-state index is 11.6. The van der Waals surface area contributed by atoms with E-state index >= 15 is 0 Å². The maximum Gasteiger partial charge on any atom is 0.513 e. The Kier molecular flexibility index (Phi) is 5.06. The van der Waals surface area contributed by atoms with Gasteiger partial charge in [-0.2, -0.15) is 0 Å². The molecule has 0 bridgehead atoms.